The van der Waals surface area contributed by atoms with Gasteiger partial charge in [0.05, 0.1) is 29.5 Å². The number of ether oxygens (including phenoxy) is 2. The Morgan fingerprint density at radius 2 is 2.12 bits per heavy atom. The summed E-state index contributed by atoms with van der Waals surface area (Å²) in [6.07, 6.45) is -0.225. The largest absolute Gasteiger partial charge is 0.444 e. The number of thiazole rings is 1. The third kappa shape index (κ3) is 4.35. The number of fused-ring (bicyclic) bond motifs is 1. The zero-order valence-electron chi connectivity index (χ0n) is 14.7. The molecule has 0 aliphatic carbocycles. The first-order valence-corrected chi connectivity index (χ1v) is 9.11. The van der Waals surface area contributed by atoms with Crippen LogP contribution in [0.1, 0.15) is 37.0 Å². The normalized spacial score (nSPS) is 18.4. The molecule has 1 aromatic carbocycles. The van der Waals surface area contributed by atoms with E-state index in [4.69, 9.17) is 9.47 Å². The summed E-state index contributed by atoms with van der Waals surface area (Å²) in [5.74, 6) is -0.0785. The van der Waals surface area contributed by atoms with Crippen molar-refractivity contribution in [2.24, 2.45) is 0 Å². The van der Waals surface area contributed by atoms with Crippen LogP contribution in [0.15, 0.2) is 24.3 Å². The van der Waals surface area contributed by atoms with Crippen molar-refractivity contribution in [1.82, 2.24) is 9.88 Å². The van der Waals surface area contributed by atoms with Gasteiger partial charge in [-0.2, -0.15) is 0 Å². The van der Waals surface area contributed by atoms with Crippen molar-refractivity contribution in [2.45, 2.75) is 38.8 Å². The molecule has 25 heavy (non-hydrogen) atoms. The summed E-state index contributed by atoms with van der Waals surface area (Å²) >= 11 is 1.38. The fraction of sp³-hybridized carbons (Fsp3) is 0.500. The molecule has 1 aromatic heterocycles. The summed E-state index contributed by atoms with van der Waals surface area (Å²) in [5, 5.41) is 0.468. The highest BCUT2D eigenvalue weighted by Crippen LogP contribution is 2.24. The number of carbonyl (C=O) groups excluding carboxylic acids is 2. The van der Waals surface area contributed by atoms with Crippen molar-refractivity contribution in [1.29, 1.82) is 0 Å². The summed E-state index contributed by atoms with van der Waals surface area (Å²) in [5.41, 5.74) is 0.247. The first kappa shape index (κ1) is 17.8. The Balaban J connectivity index is 1.72. The molecule has 1 aliphatic heterocycles. The first-order valence-electron chi connectivity index (χ1n) is 8.29. The molecule has 1 amide bonds. The Morgan fingerprint density at radius 3 is 2.84 bits per heavy atom. The average Bonchev–Trinajstić information content (AvgIpc) is 2.98. The van der Waals surface area contributed by atoms with Gasteiger partial charge in [-0.3, -0.25) is 4.79 Å². The molecule has 7 heteroatoms. The van der Waals surface area contributed by atoms with Crippen molar-refractivity contribution in [3.63, 3.8) is 0 Å². The Bertz CT molecular complexity index is 748. The van der Waals surface area contributed by atoms with Gasteiger partial charge in [0.25, 0.3) is 0 Å². The molecule has 0 spiro atoms. The second-order valence-electron chi connectivity index (χ2n) is 7.02. The van der Waals surface area contributed by atoms with Gasteiger partial charge in [0, 0.05) is 13.0 Å². The number of carbonyl (C=O) groups is 2. The van der Waals surface area contributed by atoms with Crippen molar-refractivity contribution in [3.05, 3.63) is 29.3 Å². The highest BCUT2D eigenvalue weighted by molar-refractivity contribution is 7.20. The molecule has 2 heterocycles. The average molecular weight is 362 g/mol. The van der Waals surface area contributed by atoms with Gasteiger partial charge < -0.3 is 14.4 Å². The van der Waals surface area contributed by atoms with Crippen LogP contribution in [0.4, 0.5) is 4.79 Å². The summed E-state index contributed by atoms with van der Waals surface area (Å²) in [7, 11) is 0. The number of hydrogen-bond acceptors (Lipinski definition) is 6. The molecule has 0 bridgehead atoms. The lowest BCUT2D eigenvalue weighted by Crippen LogP contribution is -2.51. The number of amides is 1. The maximum absolute atomic E-state index is 12.6. The van der Waals surface area contributed by atoms with Gasteiger partial charge in [-0.15, -0.1) is 11.3 Å². The molecule has 0 radical (unpaired) electrons. The zero-order valence-corrected chi connectivity index (χ0v) is 15.5. The van der Waals surface area contributed by atoms with Crippen LogP contribution < -0.4 is 0 Å². The van der Waals surface area contributed by atoms with Gasteiger partial charge in [-0.1, -0.05) is 12.1 Å². The minimum Gasteiger partial charge on any atom is -0.444 e. The third-order valence-electron chi connectivity index (χ3n) is 3.81. The van der Waals surface area contributed by atoms with Crippen LogP contribution >= 0.6 is 11.3 Å². The van der Waals surface area contributed by atoms with Gasteiger partial charge in [0.2, 0.25) is 0 Å². The van der Waals surface area contributed by atoms with E-state index in [0.717, 1.165) is 10.2 Å². The second kappa shape index (κ2) is 7.09. The molecule has 2 aromatic rings. The molecular weight excluding hydrogens is 340 g/mol. The summed E-state index contributed by atoms with van der Waals surface area (Å²) in [6.45, 7) is 6.68. The van der Waals surface area contributed by atoms with Gasteiger partial charge >= 0.3 is 6.09 Å². The van der Waals surface area contributed by atoms with Crippen molar-refractivity contribution in [2.75, 3.05) is 19.8 Å². The first-order chi connectivity index (χ1) is 11.8. The molecule has 134 valence electrons. The molecule has 1 saturated heterocycles. The summed E-state index contributed by atoms with van der Waals surface area (Å²) in [4.78, 5) is 31.1. The molecule has 0 N–H and O–H groups in total. The molecular formula is C18H22N2O4S. The number of ketones is 1. The molecule has 1 aliphatic rings. The van der Waals surface area contributed by atoms with Crippen LogP contribution in [0.2, 0.25) is 0 Å². The van der Waals surface area contributed by atoms with Crippen molar-refractivity contribution in [3.8, 4) is 0 Å². The number of Topliss-reactive ketones (excluding diaryl/α,β-unsaturated/α-hetero) is 1. The highest BCUT2D eigenvalue weighted by Gasteiger charge is 2.33. The fourth-order valence-corrected chi connectivity index (χ4v) is 3.59. The van der Waals surface area contributed by atoms with E-state index in [1.54, 1.807) is 4.90 Å². The van der Waals surface area contributed by atoms with E-state index in [2.05, 4.69) is 4.98 Å². The minimum absolute atomic E-state index is 0.0785. The Kier molecular flexibility index (Phi) is 5.06. The van der Waals surface area contributed by atoms with Crippen LogP contribution in [-0.2, 0) is 9.47 Å². The summed E-state index contributed by atoms with van der Waals surface area (Å²) in [6, 6.07) is 7.33. The predicted octanol–water partition coefficient (Wildman–Crippen LogP) is 3.51. The number of aromatic nitrogens is 1. The van der Waals surface area contributed by atoms with Gasteiger partial charge in [0.15, 0.2) is 10.8 Å². The zero-order chi connectivity index (χ0) is 18.0. The van der Waals surface area contributed by atoms with E-state index in [1.165, 1.54) is 11.3 Å². The van der Waals surface area contributed by atoms with E-state index in [0.29, 0.717) is 24.8 Å². The Labute approximate surface area is 150 Å². The highest BCUT2D eigenvalue weighted by atomic mass is 32.1. The van der Waals surface area contributed by atoms with Crippen LogP contribution in [0.5, 0.6) is 0 Å². The standard InChI is InChI=1S/C18H22N2O4S/c1-18(2,3)24-17(22)20-8-9-23-11-12(20)10-14(21)16-19-13-6-4-5-7-15(13)25-16/h4-7,12H,8-11H2,1-3H3. The lowest BCUT2D eigenvalue weighted by Gasteiger charge is -2.36. The van der Waals surface area contributed by atoms with E-state index in [9.17, 15) is 9.59 Å². The van der Waals surface area contributed by atoms with Crippen LogP contribution in [0.25, 0.3) is 10.2 Å². The number of rotatable bonds is 3. The summed E-state index contributed by atoms with van der Waals surface area (Å²) < 4.78 is 11.9. The molecule has 0 saturated carbocycles. The Hall–Kier alpha value is -1.99. The molecule has 6 nitrogen and oxygen atoms in total. The van der Waals surface area contributed by atoms with E-state index in [1.807, 2.05) is 45.0 Å². The second-order valence-corrected chi connectivity index (χ2v) is 8.05. The SMILES string of the molecule is CC(C)(C)OC(=O)N1CCOCC1CC(=O)c1nc2ccccc2s1. The maximum atomic E-state index is 12.6. The van der Waals surface area contributed by atoms with Crippen LogP contribution in [-0.4, -0.2) is 53.2 Å². The van der Waals surface area contributed by atoms with E-state index in [-0.39, 0.29) is 18.2 Å². The Morgan fingerprint density at radius 1 is 1.36 bits per heavy atom. The van der Waals surface area contributed by atoms with E-state index >= 15 is 0 Å². The van der Waals surface area contributed by atoms with Gasteiger partial charge in [-0.25, -0.2) is 9.78 Å². The molecule has 3 rings (SSSR count). The number of benzene rings is 1. The molecule has 1 unspecified atom stereocenters. The van der Waals surface area contributed by atoms with Crippen molar-refractivity contribution < 1.29 is 19.1 Å². The minimum atomic E-state index is -0.572. The maximum Gasteiger partial charge on any atom is 0.410 e. The van der Waals surface area contributed by atoms with Crippen LogP contribution in [0.3, 0.4) is 0 Å². The number of hydrogen-bond donors (Lipinski definition) is 0. The molecule has 1 fully saturated rings. The number of para-hydroxylation sites is 1. The topological polar surface area (TPSA) is 68.7 Å². The number of nitrogens with zero attached hydrogens (tertiary/aromatic N) is 2. The van der Waals surface area contributed by atoms with Gasteiger partial charge in [-0.05, 0) is 32.9 Å². The lowest BCUT2D eigenvalue weighted by atomic mass is 10.1. The van der Waals surface area contributed by atoms with Crippen molar-refractivity contribution >= 4 is 33.4 Å². The van der Waals surface area contributed by atoms with Crippen LogP contribution in [0, 0.1) is 0 Å². The quantitative estimate of drug-likeness (QED) is 0.782. The monoisotopic (exact) mass is 362 g/mol. The fourth-order valence-electron chi connectivity index (χ4n) is 2.68. The van der Waals surface area contributed by atoms with Gasteiger partial charge in [0.1, 0.15) is 5.60 Å². The van der Waals surface area contributed by atoms with E-state index < -0.39 is 11.7 Å². The molecule has 1 atom stereocenters. The third-order valence-corrected chi connectivity index (χ3v) is 4.89. The number of morpholine rings is 1. The predicted molar refractivity (Wildman–Crippen MR) is 96.1 cm³/mol. The smallest absolute Gasteiger partial charge is 0.410 e. The lowest BCUT2D eigenvalue weighted by molar-refractivity contribution is -0.0322.